The lowest BCUT2D eigenvalue weighted by molar-refractivity contribution is -0.137. The molecule has 1 saturated heterocycles. The number of carbonyl (C=O) groups excluding carboxylic acids is 1. The van der Waals surface area contributed by atoms with Crippen molar-refractivity contribution in [1.29, 1.82) is 0 Å². The maximum Gasteiger partial charge on any atom is 0.417 e. The van der Waals surface area contributed by atoms with Gasteiger partial charge in [-0.3, -0.25) is 4.90 Å². The van der Waals surface area contributed by atoms with Crippen molar-refractivity contribution >= 4 is 34.6 Å². The zero-order valence-corrected chi connectivity index (χ0v) is 19.1. The second-order valence-electron chi connectivity index (χ2n) is 8.61. The van der Waals surface area contributed by atoms with Crippen molar-refractivity contribution in [1.82, 2.24) is 29.9 Å². The molecule has 5 rings (SSSR count). The number of aromatic amines is 1. The van der Waals surface area contributed by atoms with Crippen LogP contribution < -0.4 is 0 Å². The first-order valence-corrected chi connectivity index (χ1v) is 11.0. The van der Waals surface area contributed by atoms with Gasteiger partial charge in [-0.25, -0.2) is 9.37 Å². The van der Waals surface area contributed by atoms with E-state index in [0.29, 0.717) is 18.3 Å². The number of nitrogens with one attached hydrogen (secondary N) is 1. The highest BCUT2D eigenvalue weighted by Gasteiger charge is 2.54. The highest BCUT2D eigenvalue weighted by molar-refractivity contribution is 6.32. The molecule has 12 heteroatoms. The van der Waals surface area contributed by atoms with E-state index < -0.39 is 34.5 Å². The van der Waals surface area contributed by atoms with E-state index in [0.717, 1.165) is 12.1 Å². The summed E-state index contributed by atoms with van der Waals surface area (Å²) in [7, 11) is 0. The Hall–Kier alpha value is -3.31. The summed E-state index contributed by atoms with van der Waals surface area (Å²) in [5.74, 6) is -3.31. The third-order valence-electron chi connectivity index (χ3n) is 6.45. The summed E-state index contributed by atoms with van der Waals surface area (Å²) in [5.41, 5.74) is 0.556. The number of imidazole rings is 1. The van der Waals surface area contributed by atoms with Crippen molar-refractivity contribution in [3.8, 4) is 0 Å². The van der Waals surface area contributed by atoms with Gasteiger partial charge < -0.3 is 9.78 Å². The summed E-state index contributed by atoms with van der Waals surface area (Å²) in [5, 5.41) is 7.59. The summed E-state index contributed by atoms with van der Waals surface area (Å²) < 4.78 is 57.1. The minimum absolute atomic E-state index is 0.113. The average molecular weight is 507 g/mol. The zero-order chi connectivity index (χ0) is 25.1. The number of benzene rings is 1. The Kier molecular flexibility index (Phi) is 5.44. The van der Waals surface area contributed by atoms with Crippen LogP contribution in [-0.4, -0.2) is 48.5 Å². The van der Waals surface area contributed by atoms with Crippen molar-refractivity contribution in [2.24, 2.45) is 5.92 Å². The van der Waals surface area contributed by atoms with Gasteiger partial charge in [-0.2, -0.15) is 28.2 Å². The van der Waals surface area contributed by atoms with Crippen LogP contribution in [0, 0.1) is 5.92 Å². The standard InChI is InChI=1S/C23H19ClF4N6O/c1-12-7-20(21-31-17-8-14(23(26,27)28)16(24)9-18(17)32-21)33(10-12)22(25)13(2)3-4-19(15(22)11-35)34-29-5-6-30-34/h3-6,8-9,11,15,20H,1,7,10H2,2H3,(H,31,32)/t15-,20?,22?/m1/s1. The molecule has 2 unspecified atom stereocenters. The van der Waals surface area contributed by atoms with Crippen LogP contribution in [0.1, 0.15) is 30.8 Å². The molecule has 3 atom stereocenters. The Morgan fingerprint density at radius 3 is 2.63 bits per heavy atom. The first-order valence-electron chi connectivity index (χ1n) is 10.6. The van der Waals surface area contributed by atoms with E-state index in [9.17, 15) is 18.0 Å². The Labute approximate surface area is 201 Å². The quantitative estimate of drug-likeness (QED) is 0.230. The number of alkyl halides is 4. The highest BCUT2D eigenvalue weighted by atomic mass is 35.5. The van der Waals surface area contributed by atoms with Crippen LogP contribution >= 0.6 is 11.6 Å². The molecule has 0 amide bonds. The van der Waals surface area contributed by atoms with E-state index in [4.69, 9.17) is 11.6 Å². The second-order valence-corrected chi connectivity index (χ2v) is 9.02. The first kappa shape index (κ1) is 23.4. The summed E-state index contributed by atoms with van der Waals surface area (Å²) in [6.45, 7) is 5.68. The Morgan fingerprint density at radius 2 is 1.97 bits per heavy atom. The molecule has 3 heterocycles. The molecule has 0 saturated carbocycles. The molecule has 7 nitrogen and oxygen atoms in total. The fraction of sp³-hybridized carbons (Fsp3) is 0.304. The summed E-state index contributed by atoms with van der Waals surface area (Å²) in [6, 6.07) is 1.30. The SMILES string of the molecule is C=C1CC(c2nc3cc(Cl)c(C(F)(F)F)cc3[nH]2)N(C2(F)C(C)=CC=C(n3nccn3)[C@H]2C=O)C1. The number of likely N-dealkylation sites (tertiary alicyclic amines) is 1. The number of halogens is 5. The van der Waals surface area contributed by atoms with Crippen molar-refractivity contribution in [3.63, 3.8) is 0 Å². The van der Waals surface area contributed by atoms with Crippen LogP contribution in [0.5, 0.6) is 0 Å². The summed E-state index contributed by atoms with van der Waals surface area (Å²) in [6.07, 6.45) is 2.16. The largest absolute Gasteiger partial charge is 0.417 e. The minimum atomic E-state index is -4.64. The number of allylic oxidation sites excluding steroid dienone is 2. The zero-order valence-electron chi connectivity index (χ0n) is 18.4. The molecule has 182 valence electrons. The van der Waals surface area contributed by atoms with Crippen LogP contribution in [-0.2, 0) is 11.0 Å². The van der Waals surface area contributed by atoms with E-state index in [1.807, 2.05) is 0 Å². The molecule has 0 bridgehead atoms. The van der Waals surface area contributed by atoms with Crippen molar-refractivity contribution in [2.45, 2.75) is 31.4 Å². The number of hydrogen-bond acceptors (Lipinski definition) is 5. The number of rotatable bonds is 4. The fourth-order valence-electron chi connectivity index (χ4n) is 4.79. The van der Waals surface area contributed by atoms with Gasteiger partial charge >= 0.3 is 6.18 Å². The first-order chi connectivity index (χ1) is 16.5. The normalized spacial score (nSPS) is 25.7. The van der Waals surface area contributed by atoms with Gasteiger partial charge in [-0.05, 0) is 37.1 Å². The molecule has 1 aromatic carbocycles. The Morgan fingerprint density at radius 1 is 1.26 bits per heavy atom. The number of hydrogen-bond donors (Lipinski definition) is 1. The Bertz CT molecular complexity index is 1390. The fourth-order valence-corrected chi connectivity index (χ4v) is 5.05. The second kappa shape index (κ2) is 8.13. The molecule has 3 aromatic rings. The van der Waals surface area contributed by atoms with E-state index >= 15 is 4.39 Å². The number of H-pyrrole nitrogens is 1. The molecule has 1 N–H and O–H groups in total. The number of aldehydes is 1. The molecular formula is C23H19ClF4N6O. The topological polar surface area (TPSA) is 79.7 Å². The molecule has 1 aliphatic heterocycles. The predicted octanol–water partition coefficient (Wildman–Crippen LogP) is 5.11. The van der Waals surface area contributed by atoms with Crippen LogP contribution in [0.25, 0.3) is 16.7 Å². The van der Waals surface area contributed by atoms with Crippen LogP contribution in [0.15, 0.2) is 54.4 Å². The van der Waals surface area contributed by atoms with E-state index in [1.165, 1.54) is 22.1 Å². The van der Waals surface area contributed by atoms with Crippen molar-refractivity contribution < 1.29 is 22.4 Å². The lowest BCUT2D eigenvalue weighted by Crippen LogP contribution is -2.53. The van der Waals surface area contributed by atoms with Crippen LogP contribution in [0.3, 0.4) is 0 Å². The number of carbonyl (C=O) groups is 1. The van der Waals surface area contributed by atoms with Gasteiger partial charge in [0.25, 0.3) is 0 Å². The third-order valence-corrected chi connectivity index (χ3v) is 6.77. The lowest BCUT2D eigenvalue weighted by Gasteiger charge is -2.43. The van der Waals surface area contributed by atoms with Gasteiger partial charge in [0.2, 0.25) is 5.79 Å². The van der Waals surface area contributed by atoms with Gasteiger partial charge in [-0.15, -0.1) is 0 Å². The van der Waals surface area contributed by atoms with Gasteiger partial charge in [0.1, 0.15) is 18.0 Å². The van der Waals surface area contributed by atoms with Crippen LogP contribution in [0.2, 0.25) is 5.02 Å². The number of nitrogens with zero attached hydrogens (tertiary/aromatic N) is 5. The maximum absolute atomic E-state index is 17.1. The molecular weight excluding hydrogens is 488 g/mol. The Balaban J connectivity index is 1.59. The van der Waals surface area contributed by atoms with E-state index in [2.05, 4.69) is 26.7 Å². The van der Waals surface area contributed by atoms with E-state index in [-0.39, 0.29) is 34.7 Å². The van der Waals surface area contributed by atoms with Gasteiger partial charge in [0.15, 0.2) is 0 Å². The van der Waals surface area contributed by atoms with Gasteiger partial charge in [-0.1, -0.05) is 29.8 Å². The smallest absolute Gasteiger partial charge is 0.341 e. The summed E-state index contributed by atoms with van der Waals surface area (Å²) in [4.78, 5) is 22.2. The lowest BCUT2D eigenvalue weighted by atomic mass is 9.83. The molecule has 0 spiro atoms. The monoisotopic (exact) mass is 506 g/mol. The number of aromatic nitrogens is 5. The van der Waals surface area contributed by atoms with Crippen molar-refractivity contribution in [3.05, 3.63) is 70.8 Å². The van der Waals surface area contributed by atoms with Crippen LogP contribution in [0.4, 0.5) is 17.6 Å². The predicted molar refractivity (Wildman–Crippen MR) is 121 cm³/mol. The molecule has 1 fully saturated rings. The highest BCUT2D eigenvalue weighted by Crippen LogP contribution is 2.49. The summed E-state index contributed by atoms with van der Waals surface area (Å²) >= 11 is 5.85. The van der Waals surface area contributed by atoms with Gasteiger partial charge in [0.05, 0.1) is 45.8 Å². The van der Waals surface area contributed by atoms with E-state index in [1.54, 1.807) is 19.1 Å². The van der Waals surface area contributed by atoms with Crippen molar-refractivity contribution in [2.75, 3.05) is 6.54 Å². The third kappa shape index (κ3) is 3.69. The molecule has 2 aliphatic rings. The number of fused-ring (bicyclic) bond motifs is 1. The minimum Gasteiger partial charge on any atom is -0.341 e. The average Bonchev–Trinajstić information content (AvgIpc) is 3.53. The van der Waals surface area contributed by atoms with Gasteiger partial charge in [0, 0.05) is 6.54 Å². The molecule has 1 aliphatic carbocycles. The molecule has 35 heavy (non-hydrogen) atoms. The maximum atomic E-state index is 17.1. The molecule has 0 radical (unpaired) electrons. The molecule has 2 aromatic heterocycles.